The SMILES string of the molecule is CCCC(C(=O)OCC)n1nc(C)c(CNC2CC2)c1C. The van der Waals surface area contributed by atoms with Crippen molar-refractivity contribution in [3.63, 3.8) is 0 Å². The van der Waals surface area contributed by atoms with Gasteiger partial charge in [0.15, 0.2) is 0 Å². The summed E-state index contributed by atoms with van der Waals surface area (Å²) in [6, 6.07) is 0.368. The van der Waals surface area contributed by atoms with Crippen LogP contribution in [0.25, 0.3) is 0 Å². The molecule has 5 heteroatoms. The van der Waals surface area contributed by atoms with Gasteiger partial charge in [0.1, 0.15) is 6.04 Å². The van der Waals surface area contributed by atoms with Gasteiger partial charge in [-0.05, 0) is 40.0 Å². The fourth-order valence-electron chi connectivity index (χ4n) is 2.64. The Morgan fingerprint density at radius 2 is 2.14 bits per heavy atom. The number of carbonyl (C=O) groups excluding carboxylic acids is 1. The van der Waals surface area contributed by atoms with Crippen LogP contribution in [-0.4, -0.2) is 28.4 Å². The predicted molar refractivity (Wildman–Crippen MR) is 82.1 cm³/mol. The Morgan fingerprint density at radius 1 is 1.43 bits per heavy atom. The highest BCUT2D eigenvalue weighted by molar-refractivity contribution is 5.74. The van der Waals surface area contributed by atoms with Crippen molar-refractivity contribution in [3.05, 3.63) is 17.0 Å². The Labute approximate surface area is 127 Å². The van der Waals surface area contributed by atoms with Crippen molar-refractivity contribution in [1.82, 2.24) is 15.1 Å². The Morgan fingerprint density at radius 3 is 2.71 bits per heavy atom. The van der Waals surface area contributed by atoms with Crippen molar-refractivity contribution in [2.75, 3.05) is 6.61 Å². The van der Waals surface area contributed by atoms with Gasteiger partial charge >= 0.3 is 5.97 Å². The number of aromatic nitrogens is 2. The predicted octanol–water partition coefficient (Wildman–Crippen LogP) is 2.66. The summed E-state index contributed by atoms with van der Waals surface area (Å²) in [5.41, 5.74) is 3.30. The molecule has 1 atom stereocenters. The molecule has 118 valence electrons. The highest BCUT2D eigenvalue weighted by Crippen LogP contribution is 2.24. The second kappa shape index (κ2) is 7.07. The molecule has 5 nitrogen and oxygen atoms in total. The second-order valence-corrected chi connectivity index (χ2v) is 5.81. The number of carbonyl (C=O) groups is 1. The van der Waals surface area contributed by atoms with Crippen molar-refractivity contribution < 1.29 is 9.53 Å². The molecule has 1 aromatic heterocycles. The van der Waals surface area contributed by atoms with E-state index in [1.165, 1.54) is 18.4 Å². The molecule has 1 N–H and O–H groups in total. The lowest BCUT2D eigenvalue weighted by Crippen LogP contribution is -2.24. The average molecular weight is 293 g/mol. The lowest BCUT2D eigenvalue weighted by atomic mass is 10.1. The van der Waals surface area contributed by atoms with Gasteiger partial charge in [-0.25, -0.2) is 4.79 Å². The van der Waals surface area contributed by atoms with Gasteiger partial charge in [-0.3, -0.25) is 4.68 Å². The van der Waals surface area contributed by atoms with E-state index in [0.29, 0.717) is 12.6 Å². The zero-order chi connectivity index (χ0) is 15.4. The Kier molecular flexibility index (Phi) is 5.39. The Balaban J connectivity index is 2.18. The van der Waals surface area contributed by atoms with E-state index >= 15 is 0 Å². The fourth-order valence-corrected chi connectivity index (χ4v) is 2.64. The summed E-state index contributed by atoms with van der Waals surface area (Å²) in [5.74, 6) is -0.174. The first-order valence-electron chi connectivity index (χ1n) is 8.03. The van der Waals surface area contributed by atoms with Crippen LogP contribution in [0.5, 0.6) is 0 Å². The minimum atomic E-state index is -0.302. The third-order valence-corrected chi connectivity index (χ3v) is 4.04. The molecule has 0 spiro atoms. The number of hydrogen-bond donors (Lipinski definition) is 1. The zero-order valence-corrected chi connectivity index (χ0v) is 13.6. The van der Waals surface area contributed by atoms with E-state index in [4.69, 9.17) is 4.74 Å². The van der Waals surface area contributed by atoms with Crippen molar-refractivity contribution in [1.29, 1.82) is 0 Å². The number of hydrogen-bond acceptors (Lipinski definition) is 4. The second-order valence-electron chi connectivity index (χ2n) is 5.81. The average Bonchev–Trinajstić information content (AvgIpc) is 3.22. The molecular weight excluding hydrogens is 266 g/mol. The topological polar surface area (TPSA) is 56.2 Å². The van der Waals surface area contributed by atoms with E-state index in [2.05, 4.69) is 17.3 Å². The molecule has 0 bridgehead atoms. The van der Waals surface area contributed by atoms with Crippen molar-refractivity contribution >= 4 is 5.97 Å². The van der Waals surface area contributed by atoms with Gasteiger partial charge in [-0.2, -0.15) is 5.10 Å². The first-order valence-corrected chi connectivity index (χ1v) is 8.03. The molecule has 1 heterocycles. The van der Waals surface area contributed by atoms with E-state index in [1.807, 2.05) is 25.5 Å². The largest absolute Gasteiger partial charge is 0.464 e. The Bertz CT molecular complexity index is 492. The third-order valence-electron chi connectivity index (χ3n) is 4.04. The molecule has 0 aromatic carbocycles. The molecule has 0 saturated heterocycles. The van der Waals surface area contributed by atoms with Gasteiger partial charge in [0.05, 0.1) is 12.3 Å². The van der Waals surface area contributed by atoms with Crippen LogP contribution in [-0.2, 0) is 16.1 Å². The maximum absolute atomic E-state index is 12.2. The molecule has 1 aliphatic carbocycles. The van der Waals surface area contributed by atoms with Gasteiger partial charge in [-0.15, -0.1) is 0 Å². The molecule has 1 saturated carbocycles. The van der Waals surface area contributed by atoms with Gasteiger partial charge in [-0.1, -0.05) is 13.3 Å². The van der Waals surface area contributed by atoms with Crippen molar-refractivity contribution in [3.8, 4) is 0 Å². The lowest BCUT2D eigenvalue weighted by Gasteiger charge is -2.17. The monoisotopic (exact) mass is 293 g/mol. The normalized spacial score (nSPS) is 16.0. The molecule has 1 aromatic rings. The van der Waals surface area contributed by atoms with Gasteiger partial charge in [0.25, 0.3) is 0 Å². The van der Waals surface area contributed by atoms with Gasteiger partial charge in [0, 0.05) is 23.8 Å². The minimum Gasteiger partial charge on any atom is -0.464 e. The van der Waals surface area contributed by atoms with Crippen molar-refractivity contribution in [2.45, 2.75) is 72.0 Å². The molecule has 0 aliphatic heterocycles. The number of nitrogens with one attached hydrogen (secondary N) is 1. The summed E-state index contributed by atoms with van der Waals surface area (Å²) in [6.07, 6.45) is 4.23. The summed E-state index contributed by atoms with van der Waals surface area (Å²) in [6.45, 7) is 9.23. The highest BCUT2D eigenvalue weighted by atomic mass is 16.5. The van der Waals surface area contributed by atoms with Gasteiger partial charge < -0.3 is 10.1 Å². The van der Waals surface area contributed by atoms with Crippen LogP contribution in [0, 0.1) is 13.8 Å². The van der Waals surface area contributed by atoms with Crippen LogP contribution < -0.4 is 5.32 Å². The van der Waals surface area contributed by atoms with E-state index in [0.717, 1.165) is 30.8 Å². The smallest absolute Gasteiger partial charge is 0.330 e. The number of esters is 1. The summed E-state index contributed by atoms with van der Waals surface area (Å²) in [5, 5.41) is 8.13. The first kappa shape index (κ1) is 16.0. The number of aryl methyl sites for hydroxylation is 1. The van der Waals surface area contributed by atoms with Crippen LogP contribution in [0.3, 0.4) is 0 Å². The minimum absolute atomic E-state index is 0.174. The number of rotatable bonds is 8. The Hall–Kier alpha value is -1.36. The van der Waals surface area contributed by atoms with Crippen LogP contribution in [0.4, 0.5) is 0 Å². The van der Waals surface area contributed by atoms with Crippen LogP contribution in [0.2, 0.25) is 0 Å². The summed E-state index contributed by atoms with van der Waals surface area (Å²) < 4.78 is 7.07. The molecule has 1 aliphatic rings. The van der Waals surface area contributed by atoms with Gasteiger partial charge in [0.2, 0.25) is 0 Å². The van der Waals surface area contributed by atoms with E-state index < -0.39 is 0 Å². The van der Waals surface area contributed by atoms with Crippen LogP contribution in [0.15, 0.2) is 0 Å². The third kappa shape index (κ3) is 3.84. The van der Waals surface area contributed by atoms with E-state index in [1.54, 1.807) is 0 Å². The molecule has 0 radical (unpaired) electrons. The fraction of sp³-hybridized carbons (Fsp3) is 0.750. The molecular formula is C16H27N3O2. The van der Waals surface area contributed by atoms with Crippen molar-refractivity contribution in [2.24, 2.45) is 0 Å². The maximum Gasteiger partial charge on any atom is 0.330 e. The molecule has 1 unspecified atom stereocenters. The van der Waals surface area contributed by atoms with E-state index in [-0.39, 0.29) is 12.0 Å². The first-order chi connectivity index (χ1) is 10.1. The maximum atomic E-state index is 12.2. The zero-order valence-electron chi connectivity index (χ0n) is 13.6. The number of nitrogens with zero attached hydrogens (tertiary/aromatic N) is 2. The number of ether oxygens (including phenoxy) is 1. The molecule has 2 rings (SSSR count). The quantitative estimate of drug-likeness (QED) is 0.749. The highest BCUT2D eigenvalue weighted by Gasteiger charge is 2.26. The van der Waals surface area contributed by atoms with E-state index in [9.17, 15) is 4.79 Å². The molecule has 1 fully saturated rings. The summed E-state index contributed by atoms with van der Waals surface area (Å²) in [4.78, 5) is 12.2. The van der Waals surface area contributed by atoms with Crippen LogP contribution >= 0.6 is 0 Å². The molecule has 21 heavy (non-hydrogen) atoms. The standard InChI is InChI=1S/C16H27N3O2/c1-5-7-15(16(20)21-6-2)19-12(4)14(11(3)18-19)10-17-13-8-9-13/h13,15,17H,5-10H2,1-4H3. The summed E-state index contributed by atoms with van der Waals surface area (Å²) in [7, 11) is 0. The molecule has 0 amide bonds. The lowest BCUT2D eigenvalue weighted by molar-refractivity contribution is -0.147. The summed E-state index contributed by atoms with van der Waals surface area (Å²) >= 11 is 0. The van der Waals surface area contributed by atoms with Crippen LogP contribution in [0.1, 0.15) is 62.5 Å².